The van der Waals surface area contributed by atoms with Crippen molar-refractivity contribution in [3.05, 3.63) is 0 Å². The van der Waals surface area contributed by atoms with Gasteiger partial charge in [-0.25, -0.2) is 0 Å². The van der Waals surface area contributed by atoms with Crippen LogP contribution in [0, 0.1) is 17.8 Å². The van der Waals surface area contributed by atoms with Crippen LogP contribution in [0.15, 0.2) is 0 Å². The van der Waals surface area contributed by atoms with Gasteiger partial charge in [-0.1, -0.05) is 52.9 Å². The van der Waals surface area contributed by atoms with E-state index >= 15 is 0 Å². The summed E-state index contributed by atoms with van der Waals surface area (Å²) >= 11 is 0. The van der Waals surface area contributed by atoms with Crippen LogP contribution in [0.1, 0.15) is 72.6 Å². The topological polar surface area (TPSA) is 52.3 Å². The van der Waals surface area contributed by atoms with Crippen molar-refractivity contribution < 1.29 is 9.53 Å². The molecule has 0 saturated heterocycles. The van der Waals surface area contributed by atoms with E-state index in [1.165, 1.54) is 45.4 Å². The lowest BCUT2D eigenvalue weighted by atomic mass is 9.92. The van der Waals surface area contributed by atoms with Gasteiger partial charge in [0.2, 0.25) is 0 Å². The molecular formula is C17H35NO2. The maximum Gasteiger partial charge on any atom is 0.302 e. The molecule has 0 heterocycles. The molecule has 20 heavy (non-hydrogen) atoms. The van der Waals surface area contributed by atoms with Crippen molar-refractivity contribution in [3.8, 4) is 0 Å². The summed E-state index contributed by atoms with van der Waals surface area (Å²) in [5.41, 5.74) is 5.63. The van der Waals surface area contributed by atoms with E-state index in [1.54, 1.807) is 0 Å². The van der Waals surface area contributed by atoms with Gasteiger partial charge in [0, 0.05) is 6.92 Å². The number of rotatable bonds is 12. The molecule has 3 nitrogen and oxygen atoms in total. The Morgan fingerprint density at radius 3 is 1.80 bits per heavy atom. The molecule has 2 N–H and O–H groups in total. The van der Waals surface area contributed by atoms with Gasteiger partial charge in [-0.2, -0.15) is 0 Å². The van der Waals surface area contributed by atoms with E-state index in [-0.39, 0.29) is 5.97 Å². The third-order valence-corrected chi connectivity index (χ3v) is 4.11. The third kappa shape index (κ3) is 12.5. The van der Waals surface area contributed by atoms with Crippen LogP contribution in [0.2, 0.25) is 0 Å². The van der Waals surface area contributed by atoms with E-state index in [4.69, 9.17) is 10.5 Å². The standard InChI is InChI=1S/C17H35NO2/c1-14(8-6-10-16(3)13-18)7-5-9-15(2)11-12-20-17(4)19/h14-16H,5-13,18H2,1-4H3. The van der Waals surface area contributed by atoms with Crippen molar-refractivity contribution in [1.82, 2.24) is 0 Å². The van der Waals surface area contributed by atoms with Gasteiger partial charge < -0.3 is 10.5 Å². The molecule has 0 fully saturated rings. The monoisotopic (exact) mass is 285 g/mol. The summed E-state index contributed by atoms with van der Waals surface area (Å²) < 4.78 is 4.98. The zero-order valence-corrected chi connectivity index (χ0v) is 14.0. The number of hydrogen-bond acceptors (Lipinski definition) is 3. The second kappa shape index (κ2) is 12.2. The number of esters is 1. The first-order valence-electron chi connectivity index (χ1n) is 8.29. The van der Waals surface area contributed by atoms with Crippen molar-refractivity contribution in [1.29, 1.82) is 0 Å². The minimum Gasteiger partial charge on any atom is -0.466 e. The predicted octanol–water partition coefficient (Wildman–Crippen LogP) is 4.15. The molecule has 0 aliphatic heterocycles. The molecule has 0 aliphatic rings. The first-order valence-corrected chi connectivity index (χ1v) is 8.29. The second-order valence-corrected chi connectivity index (χ2v) is 6.54. The fourth-order valence-corrected chi connectivity index (χ4v) is 2.44. The molecule has 0 saturated carbocycles. The van der Waals surface area contributed by atoms with E-state index in [0.29, 0.717) is 18.4 Å². The maximum atomic E-state index is 10.7. The van der Waals surface area contributed by atoms with Gasteiger partial charge in [0.15, 0.2) is 0 Å². The van der Waals surface area contributed by atoms with E-state index < -0.39 is 0 Å². The minimum atomic E-state index is -0.169. The number of ether oxygens (including phenoxy) is 1. The zero-order valence-electron chi connectivity index (χ0n) is 14.0. The largest absolute Gasteiger partial charge is 0.466 e. The highest BCUT2D eigenvalue weighted by atomic mass is 16.5. The molecule has 3 heteroatoms. The van der Waals surface area contributed by atoms with Crippen molar-refractivity contribution in [3.63, 3.8) is 0 Å². The lowest BCUT2D eigenvalue weighted by molar-refractivity contribution is -0.141. The SMILES string of the molecule is CC(=O)OCCC(C)CCCC(C)CCCC(C)CN. The van der Waals surface area contributed by atoms with Crippen molar-refractivity contribution >= 4 is 5.97 Å². The molecule has 0 radical (unpaired) electrons. The molecule has 120 valence electrons. The zero-order chi connectivity index (χ0) is 15.4. The first kappa shape index (κ1) is 19.4. The van der Waals surface area contributed by atoms with Crippen LogP contribution >= 0.6 is 0 Å². The Morgan fingerprint density at radius 1 is 0.900 bits per heavy atom. The van der Waals surface area contributed by atoms with Crippen molar-refractivity contribution in [2.75, 3.05) is 13.2 Å². The highest BCUT2D eigenvalue weighted by Gasteiger charge is 2.07. The fourth-order valence-electron chi connectivity index (χ4n) is 2.44. The van der Waals surface area contributed by atoms with Crippen molar-refractivity contribution in [2.24, 2.45) is 23.5 Å². The van der Waals surface area contributed by atoms with E-state index in [0.717, 1.165) is 18.9 Å². The average Bonchev–Trinajstić information content (AvgIpc) is 2.38. The molecule has 3 atom stereocenters. The predicted molar refractivity (Wildman–Crippen MR) is 85.5 cm³/mol. The highest BCUT2D eigenvalue weighted by molar-refractivity contribution is 5.65. The van der Waals surface area contributed by atoms with E-state index in [2.05, 4.69) is 20.8 Å². The molecule has 0 amide bonds. The van der Waals surface area contributed by atoms with Crippen LogP contribution in [0.4, 0.5) is 0 Å². The quantitative estimate of drug-likeness (QED) is 0.548. The molecule has 0 aliphatic carbocycles. The first-order chi connectivity index (χ1) is 9.45. The van der Waals surface area contributed by atoms with Crippen LogP contribution in [0.3, 0.4) is 0 Å². The summed E-state index contributed by atoms with van der Waals surface area (Å²) in [5, 5.41) is 0. The lowest BCUT2D eigenvalue weighted by Crippen LogP contribution is -2.10. The number of hydrogen-bond donors (Lipinski definition) is 1. The Hall–Kier alpha value is -0.570. The summed E-state index contributed by atoms with van der Waals surface area (Å²) in [4.78, 5) is 10.7. The van der Waals surface area contributed by atoms with Crippen LogP contribution < -0.4 is 5.73 Å². The minimum absolute atomic E-state index is 0.169. The molecular weight excluding hydrogens is 250 g/mol. The van der Waals surface area contributed by atoms with Crippen LogP contribution in [0.5, 0.6) is 0 Å². The van der Waals surface area contributed by atoms with Gasteiger partial charge in [0.05, 0.1) is 6.61 Å². The summed E-state index contributed by atoms with van der Waals surface area (Å²) in [6.45, 7) is 9.69. The summed E-state index contributed by atoms with van der Waals surface area (Å²) in [7, 11) is 0. The molecule has 0 aromatic carbocycles. The molecule has 0 aromatic rings. The highest BCUT2D eigenvalue weighted by Crippen LogP contribution is 2.20. The van der Waals surface area contributed by atoms with Crippen molar-refractivity contribution in [2.45, 2.75) is 72.6 Å². The molecule has 3 unspecified atom stereocenters. The molecule has 0 bridgehead atoms. The van der Waals surface area contributed by atoms with Gasteiger partial charge in [-0.15, -0.1) is 0 Å². The molecule has 0 aromatic heterocycles. The Labute approximate surface area is 125 Å². The second-order valence-electron chi connectivity index (χ2n) is 6.54. The third-order valence-electron chi connectivity index (χ3n) is 4.11. The summed E-state index contributed by atoms with van der Waals surface area (Å²) in [6, 6.07) is 0. The van der Waals surface area contributed by atoms with E-state index in [1.807, 2.05) is 0 Å². The maximum absolute atomic E-state index is 10.7. The Balaban J connectivity index is 3.45. The Morgan fingerprint density at radius 2 is 1.35 bits per heavy atom. The lowest BCUT2D eigenvalue weighted by Gasteiger charge is -2.15. The average molecular weight is 285 g/mol. The van der Waals surface area contributed by atoms with Gasteiger partial charge >= 0.3 is 5.97 Å². The number of carbonyl (C=O) groups is 1. The Kier molecular flexibility index (Phi) is 11.8. The van der Waals surface area contributed by atoms with Crippen LogP contribution in [0.25, 0.3) is 0 Å². The summed E-state index contributed by atoms with van der Waals surface area (Å²) in [6.07, 6.45) is 8.73. The van der Waals surface area contributed by atoms with Gasteiger partial charge in [0.25, 0.3) is 0 Å². The fraction of sp³-hybridized carbons (Fsp3) is 0.941. The molecule has 0 spiro atoms. The normalized spacial score (nSPS) is 15.7. The van der Waals surface area contributed by atoms with Crippen LogP contribution in [-0.4, -0.2) is 19.1 Å². The smallest absolute Gasteiger partial charge is 0.302 e. The van der Waals surface area contributed by atoms with Crippen LogP contribution in [-0.2, 0) is 9.53 Å². The van der Waals surface area contributed by atoms with Gasteiger partial charge in [-0.05, 0) is 37.1 Å². The molecule has 0 rings (SSSR count). The van der Waals surface area contributed by atoms with Gasteiger partial charge in [-0.3, -0.25) is 4.79 Å². The van der Waals surface area contributed by atoms with E-state index in [9.17, 15) is 4.79 Å². The summed E-state index contributed by atoms with van der Waals surface area (Å²) in [5.74, 6) is 1.97. The van der Waals surface area contributed by atoms with Gasteiger partial charge in [0.1, 0.15) is 0 Å². The Bertz CT molecular complexity index is 243. The number of nitrogens with two attached hydrogens (primary N) is 1. The number of carbonyl (C=O) groups excluding carboxylic acids is 1.